The number of fused-ring (bicyclic) bond motifs is 1. The molecule has 206 valence electrons. The van der Waals surface area contributed by atoms with E-state index in [2.05, 4.69) is 37.9 Å². The van der Waals surface area contributed by atoms with Crippen molar-refractivity contribution in [2.45, 2.75) is 26.2 Å². The van der Waals surface area contributed by atoms with Crippen LogP contribution in [-0.2, 0) is 17.6 Å². The number of nitrogens with one attached hydrogen (secondary N) is 1. The monoisotopic (exact) mass is 606 g/mol. The number of hydrogen-bond donors (Lipinski definition) is 1. The summed E-state index contributed by atoms with van der Waals surface area (Å²) < 4.78 is 26.6. The van der Waals surface area contributed by atoms with Gasteiger partial charge in [-0.1, -0.05) is 28.9 Å². The predicted molar refractivity (Wildman–Crippen MR) is 158 cm³/mol. The molecule has 0 aliphatic carbocycles. The number of aryl methyl sites for hydroxylation is 1. The number of ether oxygens (including phenoxy) is 2. The minimum Gasteiger partial charge on any atom is -0.493 e. The van der Waals surface area contributed by atoms with E-state index < -0.39 is 11.7 Å². The van der Waals surface area contributed by atoms with Gasteiger partial charge in [-0.3, -0.25) is 9.59 Å². The summed E-state index contributed by atoms with van der Waals surface area (Å²) in [7, 11) is 1.49. The number of carbonyl (C=O) groups excluding carboxylic acids is 1. The minimum atomic E-state index is -0.415. The van der Waals surface area contributed by atoms with E-state index in [1.165, 1.54) is 36.1 Å². The standard InChI is InChI=1S/C30H28BrFN4O4/c1-4-6-20-14-19(15-26(39-3)29(20)40-18-28(37)34-23-11-9-22(32)10-12-23)17-33-36-27(7-5-2)35-25-13-8-21(31)16-24(25)30(36)38/h4,8-17H,1,5-7,18H2,2-3H3,(H,34,37). The van der Waals surface area contributed by atoms with Crippen molar-refractivity contribution in [3.05, 3.63) is 105 Å². The summed E-state index contributed by atoms with van der Waals surface area (Å²) in [5.74, 6) is 0.520. The van der Waals surface area contributed by atoms with E-state index in [1.54, 1.807) is 30.5 Å². The number of aromatic nitrogens is 2. The Morgan fingerprint density at radius 2 is 1.98 bits per heavy atom. The molecule has 0 saturated heterocycles. The average Bonchev–Trinajstić information content (AvgIpc) is 2.94. The maximum Gasteiger partial charge on any atom is 0.282 e. The number of carbonyl (C=O) groups is 1. The van der Waals surface area contributed by atoms with Crippen molar-refractivity contribution in [3.8, 4) is 11.5 Å². The summed E-state index contributed by atoms with van der Waals surface area (Å²) in [6.07, 6.45) is 5.07. The van der Waals surface area contributed by atoms with Crippen LogP contribution >= 0.6 is 15.9 Å². The van der Waals surface area contributed by atoms with E-state index >= 15 is 0 Å². The lowest BCUT2D eigenvalue weighted by Crippen LogP contribution is -2.22. The first-order valence-electron chi connectivity index (χ1n) is 12.6. The molecule has 0 radical (unpaired) electrons. The largest absolute Gasteiger partial charge is 0.493 e. The van der Waals surface area contributed by atoms with Crippen molar-refractivity contribution in [2.75, 3.05) is 19.0 Å². The van der Waals surface area contributed by atoms with Crippen molar-refractivity contribution in [3.63, 3.8) is 0 Å². The predicted octanol–water partition coefficient (Wildman–Crippen LogP) is 5.89. The molecule has 0 aliphatic rings. The van der Waals surface area contributed by atoms with Gasteiger partial charge in [0.1, 0.15) is 11.6 Å². The second kappa shape index (κ2) is 13.2. The maximum atomic E-state index is 13.3. The number of amides is 1. The molecule has 0 atom stereocenters. The average molecular weight is 607 g/mol. The summed E-state index contributed by atoms with van der Waals surface area (Å²) in [4.78, 5) is 30.4. The lowest BCUT2D eigenvalue weighted by Gasteiger charge is -2.16. The molecule has 4 rings (SSSR count). The number of rotatable bonds is 11. The molecule has 10 heteroatoms. The van der Waals surface area contributed by atoms with E-state index in [0.29, 0.717) is 57.9 Å². The summed E-state index contributed by atoms with van der Waals surface area (Å²) in [6.45, 7) is 5.53. The van der Waals surface area contributed by atoms with Crippen molar-refractivity contribution >= 4 is 44.6 Å². The van der Waals surface area contributed by atoms with Gasteiger partial charge in [-0.2, -0.15) is 9.78 Å². The van der Waals surface area contributed by atoms with Gasteiger partial charge in [-0.25, -0.2) is 9.37 Å². The molecular formula is C30H28BrFN4O4. The molecular weight excluding hydrogens is 579 g/mol. The van der Waals surface area contributed by atoms with Crippen molar-refractivity contribution < 1.29 is 18.7 Å². The highest BCUT2D eigenvalue weighted by molar-refractivity contribution is 9.10. The Hall–Kier alpha value is -4.31. The van der Waals surface area contributed by atoms with Gasteiger partial charge in [0.15, 0.2) is 18.1 Å². The Morgan fingerprint density at radius 3 is 2.67 bits per heavy atom. The smallest absolute Gasteiger partial charge is 0.282 e. The van der Waals surface area contributed by atoms with Gasteiger partial charge < -0.3 is 14.8 Å². The van der Waals surface area contributed by atoms with Gasteiger partial charge in [0.2, 0.25) is 0 Å². The summed E-state index contributed by atoms with van der Waals surface area (Å²) >= 11 is 3.42. The number of benzene rings is 3. The molecule has 3 aromatic carbocycles. The van der Waals surface area contributed by atoms with E-state index in [-0.39, 0.29) is 12.2 Å². The van der Waals surface area contributed by atoms with Gasteiger partial charge in [0.05, 0.1) is 24.2 Å². The Balaban J connectivity index is 1.63. The maximum absolute atomic E-state index is 13.3. The first-order chi connectivity index (χ1) is 19.3. The number of allylic oxidation sites excluding steroid dienone is 1. The number of methoxy groups -OCH3 is 1. The number of nitrogens with zero attached hydrogens (tertiary/aromatic N) is 3. The van der Waals surface area contributed by atoms with Crippen LogP contribution in [-0.4, -0.2) is 35.5 Å². The quantitative estimate of drug-likeness (QED) is 0.170. The van der Waals surface area contributed by atoms with Crippen LogP contribution in [0.1, 0.15) is 30.3 Å². The Labute approximate surface area is 239 Å². The van der Waals surface area contributed by atoms with Gasteiger partial charge in [0, 0.05) is 22.1 Å². The zero-order chi connectivity index (χ0) is 28.6. The molecule has 0 spiro atoms. The second-order valence-electron chi connectivity index (χ2n) is 8.85. The molecule has 0 aliphatic heterocycles. The number of hydrogen-bond acceptors (Lipinski definition) is 6. The molecule has 4 aromatic rings. The van der Waals surface area contributed by atoms with E-state index in [1.807, 2.05) is 19.1 Å². The minimum absolute atomic E-state index is 0.267. The van der Waals surface area contributed by atoms with Gasteiger partial charge >= 0.3 is 0 Å². The topological polar surface area (TPSA) is 94.8 Å². The third-order valence-corrected chi connectivity index (χ3v) is 6.38. The molecule has 40 heavy (non-hydrogen) atoms. The Bertz CT molecular complexity index is 1630. The number of anilines is 1. The third kappa shape index (κ3) is 6.81. The van der Waals surface area contributed by atoms with E-state index in [4.69, 9.17) is 9.47 Å². The molecule has 0 unspecified atom stereocenters. The Kier molecular flexibility index (Phi) is 9.44. The molecule has 8 nitrogen and oxygen atoms in total. The molecule has 0 saturated carbocycles. The van der Waals surface area contributed by atoms with Gasteiger partial charge in [0.25, 0.3) is 11.5 Å². The molecule has 0 bridgehead atoms. The molecule has 1 heterocycles. The normalized spacial score (nSPS) is 11.1. The fourth-order valence-corrected chi connectivity index (χ4v) is 4.43. The zero-order valence-corrected chi connectivity index (χ0v) is 23.7. The zero-order valence-electron chi connectivity index (χ0n) is 22.1. The van der Waals surface area contributed by atoms with E-state index in [0.717, 1.165) is 10.9 Å². The van der Waals surface area contributed by atoms with Crippen LogP contribution in [0.25, 0.3) is 10.9 Å². The Morgan fingerprint density at radius 1 is 1.20 bits per heavy atom. The van der Waals surface area contributed by atoms with Crippen LogP contribution in [0.15, 0.2) is 81.6 Å². The van der Waals surface area contributed by atoms with Crippen LogP contribution in [0, 0.1) is 5.82 Å². The third-order valence-electron chi connectivity index (χ3n) is 5.89. The highest BCUT2D eigenvalue weighted by Gasteiger charge is 2.15. The van der Waals surface area contributed by atoms with Gasteiger partial charge in [-0.15, -0.1) is 6.58 Å². The van der Waals surface area contributed by atoms with Crippen LogP contribution in [0.5, 0.6) is 11.5 Å². The summed E-state index contributed by atoms with van der Waals surface area (Å²) in [5, 5.41) is 7.61. The first kappa shape index (κ1) is 28.7. The van der Waals surface area contributed by atoms with Crippen LogP contribution < -0.4 is 20.3 Å². The summed E-state index contributed by atoms with van der Waals surface area (Å²) in [6, 6.07) is 14.4. The van der Waals surface area contributed by atoms with Crippen LogP contribution in [0.2, 0.25) is 0 Å². The SMILES string of the molecule is C=CCc1cc(C=Nn2c(CCC)nc3ccc(Br)cc3c2=O)cc(OC)c1OCC(=O)Nc1ccc(F)cc1. The van der Waals surface area contributed by atoms with Crippen molar-refractivity contribution in [1.29, 1.82) is 0 Å². The highest BCUT2D eigenvalue weighted by Crippen LogP contribution is 2.33. The number of halogens is 2. The van der Waals surface area contributed by atoms with Crippen LogP contribution in [0.3, 0.4) is 0 Å². The van der Waals surface area contributed by atoms with Crippen LogP contribution in [0.4, 0.5) is 10.1 Å². The second-order valence-corrected chi connectivity index (χ2v) is 9.76. The molecule has 1 N–H and O–H groups in total. The van der Waals surface area contributed by atoms with Crippen molar-refractivity contribution in [2.24, 2.45) is 5.10 Å². The molecule has 1 aromatic heterocycles. The molecule has 1 amide bonds. The molecule has 0 fully saturated rings. The lowest BCUT2D eigenvalue weighted by atomic mass is 10.1. The fraction of sp³-hybridized carbons (Fsp3) is 0.200. The summed E-state index contributed by atoms with van der Waals surface area (Å²) in [5.41, 5.74) is 2.17. The van der Waals surface area contributed by atoms with E-state index in [9.17, 15) is 14.0 Å². The fourth-order valence-electron chi connectivity index (χ4n) is 4.07. The highest BCUT2D eigenvalue weighted by atomic mass is 79.9. The van der Waals surface area contributed by atoms with Gasteiger partial charge in [-0.05, 0) is 73.0 Å². The first-order valence-corrected chi connectivity index (χ1v) is 13.4. The van der Waals surface area contributed by atoms with Crippen molar-refractivity contribution in [1.82, 2.24) is 9.66 Å². The lowest BCUT2D eigenvalue weighted by molar-refractivity contribution is -0.118.